The van der Waals surface area contributed by atoms with Crippen LogP contribution >= 0.6 is 23.2 Å². The topological polar surface area (TPSA) is 62.5 Å². The van der Waals surface area contributed by atoms with Crippen LogP contribution in [0.1, 0.15) is 13.8 Å². The molecule has 1 amide bonds. The molecule has 8 heteroatoms. The molecule has 4 rings (SSSR count). The number of anilines is 1. The Balaban J connectivity index is 1.40. The van der Waals surface area contributed by atoms with Gasteiger partial charge in [0.15, 0.2) is 5.58 Å². The molecule has 0 aromatic carbocycles. The van der Waals surface area contributed by atoms with Crippen molar-refractivity contribution in [3.63, 3.8) is 0 Å². The molecule has 0 unspecified atom stereocenters. The second-order valence-corrected chi connectivity index (χ2v) is 8.42. The third kappa shape index (κ3) is 3.05. The summed E-state index contributed by atoms with van der Waals surface area (Å²) >= 11 is 11.6. The summed E-state index contributed by atoms with van der Waals surface area (Å²) in [5.41, 5.74) is 1.18. The smallest absolute Gasteiger partial charge is 0.300 e. The molecule has 1 aliphatic carbocycles. The second-order valence-electron chi connectivity index (χ2n) is 7.42. The monoisotopic (exact) mass is 394 g/mol. The normalized spacial score (nSPS) is 24.6. The summed E-state index contributed by atoms with van der Waals surface area (Å²) in [5.74, 6) is 0.209. The molecule has 0 bridgehead atoms. The van der Waals surface area contributed by atoms with Crippen LogP contribution in [-0.2, 0) is 4.79 Å². The van der Waals surface area contributed by atoms with Gasteiger partial charge < -0.3 is 14.2 Å². The number of nitrogens with zero attached hydrogens (tertiary/aromatic N) is 4. The first-order valence-electron chi connectivity index (χ1n) is 8.66. The van der Waals surface area contributed by atoms with Crippen molar-refractivity contribution in [3.05, 3.63) is 28.9 Å². The molecular weight excluding hydrogens is 375 g/mol. The molecule has 26 heavy (non-hydrogen) atoms. The number of oxazole rings is 1. The number of allylic oxidation sites excluding steroid dienone is 1. The van der Waals surface area contributed by atoms with Gasteiger partial charge in [0.05, 0.1) is 5.92 Å². The van der Waals surface area contributed by atoms with Crippen molar-refractivity contribution in [2.75, 3.05) is 31.1 Å². The second kappa shape index (κ2) is 6.43. The summed E-state index contributed by atoms with van der Waals surface area (Å²) in [6, 6.07) is 4.24. The number of aromatic nitrogens is 2. The maximum Gasteiger partial charge on any atom is 0.300 e. The molecule has 1 aliphatic heterocycles. The van der Waals surface area contributed by atoms with Crippen LogP contribution in [0.15, 0.2) is 33.3 Å². The highest BCUT2D eigenvalue weighted by molar-refractivity contribution is 6.55. The number of fused-ring (bicyclic) bond motifs is 1. The van der Waals surface area contributed by atoms with Gasteiger partial charge in [0.2, 0.25) is 11.6 Å². The maximum atomic E-state index is 12.9. The van der Waals surface area contributed by atoms with E-state index in [2.05, 4.69) is 28.7 Å². The van der Waals surface area contributed by atoms with Crippen LogP contribution < -0.4 is 4.90 Å². The Bertz CT molecular complexity index is 834. The molecule has 2 aromatic heterocycles. The number of amides is 1. The van der Waals surface area contributed by atoms with Crippen LogP contribution in [0.4, 0.5) is 6.01 Å². The first kappa shape index (κ1) is 17.6. The Morgan fingerprint density at radius 3 is 2.69 bits per heavy atom. The van der Waals surface area contributed by atoms with E-state index in [1.807, 2.05) is 17.0 Å². The molecular formula is C18H20Cl2N4O2. The lowest BCUT2D eigenvalue weighted by Gasteiger charge is -2.34. The lowest BCUT2D eigenvalue weighted by Crippen LogP contribution is -2.49. The lowest BCUT2D eigenvalue weighted by atomic mass is 10.1. The number of carbonyl (C=O) groups is 1. The van der Waals surface area contributed by atoms with E-state index >= 15 is 0 Å². The van der Waals surface area contributed by atoms with Gasteiger partial charge in [0.25, 0.3) is 6.01 Å². The lowest BCUT2D eigenvalue weighted by molar-refractivity contribution is -0.133. The number of pyridine rings is 1. The van der Waals surface area contributed by atoms with E-state index in [4.69, 9.17) is 27.6 Å². The fourth-order valence-corrected chi connectivity index (χ4v) is 4.08. The van der Waals surface area contributed by atoms with Gasteiger partial charge in [0.1, 0.15) is 4.49 Å². The molecule has 0 radical (unpaired) electrons. The van der Waals surface area contributed by atoms with Crippen molar-refractivity contribution in [3.8, 4) is 0 Å². The SMILES string of the molecule is CC1(C)[C@H](C=C(Cl)Cl)[C@H]1C(=O)N1CCN(c2nc3ncccc3o2)CC1. The number of rotatable bonds is 3. The number of halogens is 2. The Morgan fingerprint density at radius 1 is 1.31 bits per heavy atom. The van der Waals surface area contributed by atoms with Gasteiger partial charge in [-0.1, -0.05) is 37.0 Å². The van der Waals surface area contributed by atoms with E-state index in [-0.39, 0.29) is 27.6 Å². The van der Waals surface area contributed by atoms with E-state index in [9.17, 15) is 4.79 Å². The summed E-state index contributed by atoms with van der Waals surface area (Å²) < 4.78 is 6.00. The van der Waals surface area contributed by atoms with Crippen LogP contribution in [0.25, 0.3) is 11.2 Å². The van der Waals surface area contributed by atoms with E-state index in [0.29, 0.717) is 43.4 Å². The zero-order chi connectivity index (χ0) is 18.5. The van der Waals surface area contributed by atoms with Gasteiger partial charge >= 0.3 is 0 Å². The molecule has 2 fully saturated rings. The van der Waals surface area contributed by atoms with Gasteiger partial charge in [-0.3, -0.25) is 4.79 Å². The average molecular weight is 395 g/mol. The molecule has 2 aromatic rings. The predicted octanol–water partition coefficient (Wildman–Crippen LogP) is 3.46. The van der Waals surface area contributed by atoms with Crippen LogP contribution in [0, 0.1) is 17.3 Å². The van der Waals surface area contributed by atoms with Crippen LogP contribution in [-0.4, -0.2) is 47.0 Å². The minimum Gasteiger partial charge on any atom is -0.422 e. The Labute approximate surface area is 161 Å². The fourth-order valence-electron chi connectivity index (χ4n) is 3.80. The molecule has 138 valence electrons. The van der Waals surface area contributed by atoms with Gasteiger partial charge in [-0.05, 0) is 29.5 Å². The molecule has 1 saturated heterocycles. The molecule has 3 heterocycles. The Hall–Kier alpha value is -1.79. The van der Waals surface area contributed by atoms with Crippen molar-refractivity contribution in [1.82, 2.24) is 14.9 Å². The van der Waals surface area contributed by atoms with Crippen molar-refractivity contribution in [1.29, 1.82) is 0 Å². The highest BCUT2D eigenvalue weighted by Crippen LogP contribution is 2.60. The summed E-state index contributed by atoms with van der Waals surface area (Å²) in [4.78, 5) is 25.5. The van der Waals surface area contributed by atoms with Crippen LogP contribution in [0.3, 0.4) is 0 Å². The van der Waals surface area contributed by atoms with Gasteiger partial charge in [-0.15, -0.1) is 0 Å². The third-order valence-corrected chi connectivity index (χ3v) is 5.75. The molecule has 0 spiro atoms. The number of carbonyl (C=O) groups excluding carboxylic acids is 1. The highest BCUT2D eigenvalue weighted by Gasteiger charge is 2.61. The van der Waals surface area contributed by atoms with E-state index in [1.54, 1.807) is 12.3 Å². The standard InChI is InChI=1S/C18H20Cl2N4O2/c1-18(2)11(10-13(19)20)14(18)16(25)23-6-8-24(9-7-23)17-22-15-12(26-17)4-3-5-21-15/h3-5,10-11,14H,6-9H2,1-2H3/t11-,14+/m1/s1. The van der Waals surface area contributed by atoms with Gasteiger partial charge in [0, 0.05) is 32.4 Å². The van der Waals surface area contributed by atoms with E-state index < -0.39 is 0 Å². The summed E-state index contributed by atoms with van der Waals surface area (Å²) in [7, 11) is 0. The number of hydrogen-bond donors (Lipinski definition) is 0. The first-order valence-corrected chi connectivity index (χ1v) is 9.41. The summed E-state index contributed by atoms with van der Waals surface area (Å²) in [6.07, 6.45) is 3.48. The van der Waals surface area contributed by atoms with Crippen LogP contribution in [0.2, 0.25) is 0 Å². The molecule has 2 atom stereocenters. The average Bonchev–Trinajstić information content (AvgIpc) is 2.96. The summed E-state index contributed by atoms with van der Waals surface area (Å²) in [6.45, 7) is 6.81. The molecule has 1 saturated carbocycles. The number of piperazine rings is 1. The van der Waals surface area contributed by atoms with E-state index in [0.717, 1.165) is 0 Å². The Kier molecular flexibility index (Phi) is 4.35. The largest absolute Gasteiger partial charge is 0.422 e. The van der Waals surface area contributed by atoms with Gasteiger partial charge in [-0.2, -0.15) is 4.98 Å². The summed E-state index contributed by atoms with van der Waals surface area (Å²) in [5, 5.41) is 0. The van der Waals surface area contributed by atoms with Crippen LogP contribution in [0.5, 0.6) is 0 Å². The van der Waals surface area contributed by atoms with Crippen molar-refractivity contribution in [2.24, 2.45) is 17.3 Å². The molecule has 6 nitrogen and oxygen atoms in total. The third-order valence-electron chi connectivity index (χ3n) is 5.50. The number of hydrogen-bond acceptors (Lipinski definition) is 5. The minimum atomic E-state index is -0.102. The maximum absolute atomic E-state index is 12.9. The van der Waals surface area contributed by atoms with Crippen molar-refractivity contribution in [2.45, 2.75) is 13.8 Å². The van der Waals surface area contributed by atoms with Crippen molar-refractivity contribution >= 4 is 46.4 Å². The van der Waals surface area contributed by atoms with Gasteiger partial charge in [-0.25, -0.2) is 4.98 Å². The predicted molar refractivity (Wildman–Crippen MR) is 101 cm³/mol. The van der Waals surface area contributed by atoms with E-state index in [1.165, 1.54) is 0 Å². The molecule has 2 aliphatic rings. The van der Waals surface area contributed by atoms with Crippen molar-refractivity contribution < 1.29 is 9.21 Å². The fraction of sp³-hybridized carbons (Fsp3) is 0.500. The zero-order valence-electron chi connectivity index (χ0n) is 14.7. The highest BCUT2D eigenvalue weighted by atomic mass is 35.5. The first-order chi connectivity index (χ1) is 12.4. The zero-order valence-corrected chi connectivity index (χ0v) is 16.2. The minimum absolute atomic E-state index is 0.0601. The Morgan fingerprint density at radius 2 is 2.04 bits per heavy atom. The quantitative estimate of drug-likeness (QED) is 0.797. The molecule has 0 N–H and O–H groups in total.